The average molecular weight is 740 g/mol. The summed E-state index contributed by atoms with van der Waals surface area (Å²) >= 11 is 0. The van der Waals surface area contributed by atoms with Crippen LogP contribution < -0.4 is 0 Å². The third-order valence-corrected chi connectivity index (χ3v) is 10.6. The summed E-state index contributed by atoms with van der Waals surface area (Å²) < 4.78 is 10.8. The van der Waals surface area contributed by atoms with Crippen LogP contribution in [0.4, 0.5) is 0 Å². The van der Waals surface area contributed by atoms with Crippen LogP contribution in [0.15, 0.2) is 0 Å². The van der Waals surface area contributed by atoms with E-state index in [0.29, 0.717) is 26.1 Å². The van der Waals surface area contributed by atoms with Crippen LogP contribution in [0, 0.1) is 0 Å². The van der Waals surface area contributed by atoms with Crippen LogP contribution in [0.1, 0.15) is 232 Å². The minimum atomic E-state index is -0.143. The molecule has 0 saturated carbocycles. The van der Waals surface area contributed by atoms with Gasteiger partial charge in [0.15, 0.2) is 0 Å². The fraction of sp³-hybridized carbons (Fsp3) is 0.956. The van der Waals surface area contributed by atoms with Gasteiger partial charge < -0.3 is 19.7 Å². The largest absolute Gasteiger partial charge is 0.466 e. The molecule has 0 aliphatic heterocycles. The molecule has 0 unspecified atom stereocenters. The van der Waals surface area contributed by atoms with Crippen molar-refractivity contribution in [2.24, 2.45) is 0 Å². The van der Waals surface area contributed by atoms with Gasteiger partial charge in [0.2, 0.25) is 0 Å². The fourth-order valence-electron chi connectivity index (χ4n) is 7.04. The fourth-order valence-corrected chi connectivity index (χ4v) is 7.04. The second-order valence-electron chi connectivity index (χ2n) is 15.6. The van der Waals surface area contributed by atoms with E-state index in [1.54, 1.807) is 0 Å². The Morgan fingerprint density at radius 1 is 0.404 bits per heavy atom. The molecule has 0 radical (unpaired) electrons. The van der Waals surface area contributed by atoms with E-state index in [2.05, 4.69) is 18.7 Å². The van der Waals surface area contributed by atoms with E-state index in [9.17, 15) is 19.8 Å². The maximum atomic E-state index is 11.9. The van der Waals surface area contributed by atoms with Crippen molar-refractivity contribution < 1.29 is 29.3 Å². The number of unbranched alkanes of at least 4 members (excludes halogenated alkanes) is 28. The van der Waals surface area contributed by atoms with Crippen molar-refractivity contribution in [2.75, 3.05) is 39.5 Å². The molecule has 0 aromatic carbocycles. The molecule has 0 aromatic heterocycles. The van der Waals surface area contributed by atoms with Gasteiger partial charge in [-0.1, -0.05) is 181 Å². The van der Waals surface area contributed by atoms with Gasteiger partial charge in [-0.05, 0) is 51.6 Å². The summed E-state index contributed by atoms with van der Waals surface area (Å²) in [6.07, 6.45) is 39.7. The van der Waals surface area contributed by atoms with Gasteiger partial charge in [0.1, 0.15) is 0 Å². The summed E-state index contributed by atoms with van der Waals surface area (Å²) in [5.41, 5.74) is 0. The van der Waals surface area contributed by atoms with Crippen molar-refractivity contribution in [3.8, 4) is 0 Å². The molecule has 2 N–H and O–H groups in total. The molecule has 0 saturated heterocycles. The lowest BCUT2D eigenvalue weighted by molar-refractivity contribution is -0.144. The highest BCUT2D eigenvalue weighted by atomic mass is 16.5. The average Bonchev–Trinajstić information content (AvgIpc) is 3.15. The van der Waals surface area contributed by atoms with Crippen LogP contribution in [0.3, 0.4) is 0 Å². The minimum absolute atomic E-state index is 0.0182. The monoisotopic (exact) mass is 740 g/mol. The second kappa shape index (κ2) is 42.6. The summed E-state index contributed by atoms with van der Waals surface area (Å²) in [7, 11) is 0. The first-order chi connectivity index (χ1) is 25.6. The summed E-state index contributed by atoms with van der Waals surface area (Å²) in [6.45, 7) is 7.60. The van der Waals surface area contributed by atoms with Crippen molar-refractivity contribution in [1.82, 2.24) is 4.90 Å². The van der Waals surface area contributed by atoms with Gasteiger partial charge in [-0.2, -0.15) is 0 Å². The highest BCUT2D eigenvalue weighted by molar-refractivity contribution is 5.69. The van der Waals surface area contributed by atoms with Gasteiger partial charge >= 0.3 is 11.9 Å². The summed E-state index contributed by atoms with van der Waals surface area (Å²) in [4.78, 5) is 26.2. The number of hydrogen-bond donors (Lipinski definition) is 2. The Morgan fingerprint density at radius 2 is 0.673 bits per heavy atom. The lowest BCUT2D eigenvalue weighted by Crippen LogP contribution is -2.41. The number of aliphatic hydroxyl groups excluding tert-OH is 2. The lowest BCUT2D eigenvalue weighted by Gasteiger charge is -2.29. The molecule has 7 nitrogen and oxygen atoms in total. The Labute approximate surface area is 323 Å². The quantitative estimate of drug-likeness (QED) is 0.0475. The van der Waals surface area contributed by atoms with Crippen LogP contribution in [-0.4, -0.2) is 72.6 Å². The molecular weight excluding hydrogens is 650 g/mol. The molecule has 0 heterocycles. The van der Waals surface area contributed by atoms with Crippen molar-refractivity contribution in [3.63, 3.8) is 0 Å². The molecule has 0 aromatic rings. The maximum absolute atomic E-state index is 11.9. The van der Waals surface area contributed by atoms with Gasteiger partial charge in [-0.3, -0.25) is 14.5 Å². The number of carbonyl (C=O) groups excluding carboxylic acids is 2. The van der Waals surface area contributed by atoms with Crippen LogP contribution >= 0.6 is 0 Å². The number of rotatable bonds is 43. The van der Waals surface area contributed by atoms with Gasteiger partial charge in [0.05, 0.1) is 32.5 Å². The van der Waals surface area contributed by atoms with Crippen molar-refractivity contribution >= 4 is 11.9 Å². The molecule has 0 spiro atoms. The molecule has 7 heteroatoms. The number of nitrogens with zero attached hydrogens (tertiary/aromatic N) is 1. The van der Waals surface area contributed by atoms with E-state index >= 15 is 0 Å². The summed E-state index contributed by atoms with van der Waals surface area (Å²) in [5, 5.41) is 19.6. The maximum Gasteiger partial charge on any atom is 0.305 e. The van der Waals surface area contributed by atoms with Gasteiger partial charge in [-0.15, -0.1) is 0 Å². The van der Waals surface area contributed by atoms with Gasteiger partial charge in [0.25, 0.3) is 0 Å². The predicted octanol–water partition coefficient (Wildman–Crippen LogP) is 12.0. The molecule has 0 fully saturated rings. The highest BCUT2D eigenvalue weighted by Gasteiger charge is 2.16. The first-order valence-electron chi connectivity index (χ1n) is 22.9. The van der Waals surface area contributed by atoms with E-state index in [-0.39, 0.29) is 31.2 Å². The van der Waals surface area contributed by atoms with Crippen LogP contribution in [-0.2, 0) is 19.1 Å². The predicted molar refractivity (Wildman–Crippen MR) is 220 cm³/mol. The molecule has 310 valence electrons. The molecule has 0 amide bonds. The normalized spacial score (nSPS) is 11.6. The smallest absolute Gasteiger partial charge is 0.305 e. The zero-order valence-corrected chi connectivity index (χ0v) is 34.8. The van der Waals surface area contributed by atoms with Crippen molar-refractivity contribution in [1.29, 1.82) is 0 Å². The van der Waals surface area contributed by atoms with E-state index < -0.39 is 0 Å². The number of ether oxygens (including phenoxy) is 2. The SMILES string of the molecule is CCCCCCCCCOC(=O)CCCCCCCCCCCN(CCCCCCCCCCCC(=O)OCCCCCCCCC)C(CO)CO. The Bertz CT molecular complexity index is 677. The van der Waals surface area contributed by atoms with Crippen LogP contribution in [0.5, 0.6) is 0 Å². The Kier molecular flexibility index (Phi) is 41.6. The molecule has 0 aliphatic carbocycles. The summed E-state index contributed by atoms with van der Waals surface area (Å²) in [6, 6.07) is -0.143. The molecule has 0 bridgehead atoms. The number of hydrogen-bond acceptors (Lipinski definition) is 7. The van der Waals surface area contributed by atoms with Gasteiger partial charge in [-0.25, -0.2) is 0 Å². The lowest BCUT2D eigenvalue weighted by atomic mass is 10.1. The Hall–Kier alpha value is -1.18. The Balaban J connectivity index is 3.65. The highest BCUT2D eigenvalue weighted by Crippen LogP contribution is 2.15. The number of aliphatic hydroxyl groups is 2. The first kappa shape index (κ1) is 50.8. The molecule has 0 aliphatic rings. The number of carbonyl (C=O) groups is 2. The topological polar surface area (TPSA) is 96.3 Å². The second-order valence-corrected chi connectivity index (χ2v) is 15.6. The standard InChI is InChI=1S/C45H89NO6/c1-3-5-7-9-21-27-33-39-51-44(49)35-29-23-17-13-11-15-19-25-31-37-46(43(41-47)42-48)38-32-26-20-16-12-14-18-24-30-36-45(50)52-40-34-28-22-10-8-6-4-2/h43,47-48H,3-42H2,1-2H3. The third-order valence-electron chi connectivity index (χ3n) is 10.6. The zero-order valence-electron chi connectivity index (χ0n) is 34.8. The first-order valence-corrected chi connectivity index (χ1v) is 22.9. The van der Waals surface area contributed by atoms with Crippen LogP contribution in [0.2, 0.25) is 0 Å². The molecule has 0 atom stereocenters. The van der Waals surface area contributed by atoms with E-state index in [1.807, 2.05) is 0 Å². The van der Waals surface area contributed by atoms with Crippen LogP contribution in [0.25, 0.3) is 0 Å². The van der Waals surface area contributed by atoms with Crippen molar-refractivity contribution in [2.45, 2.75) is 238 Å². The molecule has 0 rings (SSSR count). The molecular formula is C45H89NO6. The molecule has 52 heavy (non-hydrogen) atoms. The van der Waals surface area contributed by atoms with Crippen molar-refractivity contribution in [3.05, 3.63) is 0 Å². The van der Waals surface area contributed by atoms with E-state index in [0.717, 1.165) is 64.5 Å². The number of esters is 2. The third kappa shape index (κ3) is 37.1. The zero-order chi connectivity index (χ0) is 38.0. The summed E-state index contributed by atoms with van der Waals surface area (Å²) in [5.74, 6) is -0.0403. The van der Waals surface area contributed by atoms with E-state index in [1.165, 1.54) is 154 Å². The van der Waals surface area contributed by atoms with E-state index in [4.69, 9.17) is 9.47 Å². The minimum Gasteiger partial charge on any atom is -0.466 e. The van der Waals surface area contributed by atoms with Gasteiger partial charge in [0, 0.05) is 12.8 Å². The Morgan fingerprint density at radius 3 is 0.981 bits per heavy atom.